The van der Waals surface area contributed by atoms with E-state index in [9.17, 15) is 9.59 Å². The lowest BCUT2D eigenvalue weighted by molar-refractivity contribution is 0.0955. The number of amides is 1. The summed E-state index contributed by atoms with van der Waals surface area (Å²) in [4.78, 5) is 30.4. The zero-order chi connectivity index (χ0) is 18.4. The predicted octanol–water partition coefficient (Wildman–Crippen LogP) is 1.39. The number of anilines is 1. The average molecular weight is 355 g/mol. The molecule has 1 aliphatic heterocycles. The van der Waals surface area contributed by atoms with Gasteiger partial charge in [-0.15, -0.1) is 0 Å². The summed E-state index contributed by atoms with van der Waals surface area (Å²) >= 11 is 0. The van der Waals surface area contributed by atoms with E-state index in [1.807, 2.05) is 24.3 Å². The van der Waals surface area contributed by atoms with Crippen molar-refractivity contribution >= 4 is 11.9 Å². The van der Waals surface area contributed by atoms with Crippen LogP contribution in [0.3, 0.4) is 0 Å². The lowest BCUT2D eigenvalue weighted by Crippen LogP contribution is -2.30. The number of rotatable bonds is 6. The first kappa shape index (κ1) is 18.1. The van der Waals surface area contributed by atoms with Crippen molar-refractivity contribution in [1.29, 1.82) is 0 Å². The Balaban J connectivity index is 1.46. The Bertz CT molecular complexity index is 794. The van der Waals surface area contributed by atoms with Gasteiger partial charge in [-0.2, -0.15) is 0 Å². The second kappa shape index (κ2) is 8.62. The molecule has 0 unspecified atom stereocenters. The standard InChI is InChI=1S/C19H25N5O2/c1-13-11-17(25)24-19(23-13)22-10-9-21-18(26)15-6-4-14(5-7-15)16-3-2-8-20-12-16/h4-7,11,16,20H,2-3,8-10,12H2,1H3,(H,21,26)(H2,22,23,24,25)/t16-/m0/s1. The quantitative estimate of drug-likeness (QED) is 0.587. The van der Waals surface area contributed by atoms with E-state index in [-0.39, 0.29) is 11.5 Å². The van der Waals surface area contributed by atoms with Crippen molar-refractivity contribution in [2.24, 2.45) is 0 Å². The molecule has 4 N–H and O–H groups in total. The van der Waals surface area contributed by atoms with E-state index in [0.29, 0.717) is 36.2 Å². The number of piperidine rings is 1. The zero-order valence-corrected chi connectivity index (χ0v) is 15.0. The first-order chi connectivity index (χ1) is 12.6. The largest absolute Gasteiger partial charge is 0.354 e. The number of nitrogens with zero attached hydrogens (tertiary/aromatic N) is 1. The fourth-order valence-electron chi connectivity index (χ4n) is 3.16. The molecule has 1 saturated heterocycles. The first-order valence-corrected chi connectivity index (χ1v) is 9.02. The molecule has 0 radical (unpaired) electrons. The van der Waals surface area contributed by atoms with Gasteiger partial charge < -0.3 is 16.0 Å². The highest BCUT2D eigenvalue weighted by Gasteiger charge is 2.15. The number of carbonyl (C=O) groups is 1. The third-order valence-corrected chi connectivity index (χ3v) is 4.51. The van der Waals surface area contributed by atoms with Crippen LogP contribution < -0.4 is 21.5 Å². The van der Waals surface area contributed by atoms with E-state index in [1.54, 1.807) is 6.92 Å². The molecule has 2 aromatic rings. The molecule has 1 atom stereocenters. The van der Waals surface area contributed by atoms with Crippen LogP contribution in [0.1, 0.15) is 40.4 Å². The Morgan fingerprint density at radius 1 is 1.27 bits per heavy atom. The monoisotopic (exact) mass is 355 g/mol. The molecule has 0 bridgehead atoms. The normalized spacial score (nSPS) is 16.9. The van der Waals surface area contributed by atoms with Crippen molar-refractivity contribution in [3.8, 4) is 0 Å². The van der Waals surface area contributed by atoms with E-state index in [2.05, 4.69) is 25.9 Å². The number of carbonyl (C=O) groups excluding carboxylic acids is 1. The van der Waals surface area contributed by atoms with Gasteiger partial charge in [0.2, 0.25) is 5.95 Å². The van der Waals surface area contributed by atoms with Gasteiger partial charge in [0.05, 0.1) is 0 Å². The van der Waals surface area contributed by atoms with E-state index in [1.165, 1.54) is 24.5 Å². The molecule has 0 saturated carbocycles. The van der Waals surface area contributed by atoms with E-state index >= 15 is 0 Å². The molecular formula is C19H25N5O2. The lowest BCUT2D eigenvalue weighted by Gasteiger charge is -2.23. The predicted molar refractivity (Wildman–Crippen MR) is 102 cm³/mol. The van der Waals surface area contributed by atoms with Crippen LogP contribution in [-0.2, 0) is 0 Å². The Hall–Kier alpha value is -2.67. The molecule has 0 aliphatic carbocycles. The minimum Gasteiger partial charge on any atom is -0.354 e. The van der Waals surface area contributed by atoms with Crippen LogP contribution >= 0.6 is 0 Å². The van der Waals surface area contributed by atoms with Crippen molar-refractivity contribution in [3.63, 3.8) is 0 Å². The third kappa shape index (κ3) is 4.92. The van der Waals surface area contributed by atoms with Gasteiger partial charge in [-0.25, -0.2) is 4.98 Å². The number of nitrogens with one attached hydrogen (secondary N) is 4. The molecule has 2 heterocycles. The van der Waals surface area contributed by atoms with Crippen molar-refractivity contribution < 1.29 is 4.79 Å². The minimum atomic E-state index is -0.197. The summed E-state index contributed by atoms with van der Waals surface area (Å²) in [5.74, 6) is 0.842. The number of H-pyrrole nitrogens is 1. The molecule has 138 valence electrons. The molecule has 1 fully saturated rings. The minimum absolute atomic E-state index is 0.106. The van der Waals surface area contributed by atoms with Gasteiger partial charge in [-0.05, 0) is 49.9 Å². The Morgan fingerprint density at radius 3 is 2.77 bits per heavy atom. The lowest BCUT2D eigenvalue weighted by atomic mass is 9.91. The van der Waals surface area contributed by atoms with E-state index in [0.717, 1.165) is 13.1 Å². The second-order valence-electron chi connectivity index (χ2n) is 6.58. The fourth-order valence-corrected chi connectivity index (χ4v) is 3.16. The molecule has 1 aromatic heterocycles. The number of benzene rings is 1. The number of aryl methyl sites for hydroxylation is 1. The van der Waals surface area contributed by atoms with Crippen LogP contribution in [0.5, 0.6) is 0 Å². The average Bonchev–Trinajstić information content (AvgIpc) is 2.65. The highest BCUT2D eigenvalue weighted by atomic mass is 16.1. The molecule has 7 heteroatoms. The number of aromatic amines is 1. The van der Waals surface area contributed by atoms with Crippen molar-refractivity contribution in [2.75, 3.05) is 31.5 Å². The van der Waals surface area contributed by atoms with E-state index < -0.39 is 0 Å². The van der Waals surface area contributed by atoms with Gasteiger partial charge in [0, 0.05) is 37.0 Å². The molecule has 3 rings (SSSR count). The highest BCUT2D eigenvalue weighted by molar-refractivity contribution is 5.94. The molecular weight excluding hydrogens is 330 g/mol. The van der Waals surface area contributed by atoms with Gasteiger partial charge >= 0.3 is 0 Å². The Morgan fingerprint density at radius 2 is 2.08 bits per heavy atom. The summed E-state index contributed by atoms with van der Waals surface area (Å²) in [6, 6.07) is 9.29. The topological polar surface area (TPSA) is 98.9 Å². The summed E-state index contributed by atoms with van der Waals surface area (Å²) in [7, 11) is 0. The van der Waals surface area contributed by atoms with Gasteiger partial charge in [0.25, 0.3) is 11.5 Å². The van der Waals surface area contributed by atoms with Crippen LogP contribution in [-0.4, -0.2) is 42.1 Å². The Labute approximate surface area is 152 Å². The fraction of sp³-hybridized carbons (Fsp3) is 0.421. The summed E-state index contributed by atoms with van der Waals surface area (Å²) < 4.78 is 0. The van der Waals surface area contributed by atoms with E-state index in [4.69, 9.17) is 0 Å². The number of hydrogen-bond acceptors (Lipinski definition) is 5. The zero-order valence-electron chi connectivity index (χ0n) is 15.0. The van der Waals surface area contributed by atoms with Gasteiger partial charge in [-0.1, -0.05) is 12.1 Å². The molecule has 1 aromatic carbocycles. The summed E-state index contributed by atoms with van der Waals surface area (Å²) in [5.41, 5.74) is 2.38. The van der Waals surface area contributed by atoms with Gasteiger partial charge in [0.1, 0.15) is 0 Å². The van der Waals surface area contributed by atoms with Gasteiger partial charge in [0.15, 0.2) is 0 Å². The van der Waals surface area contributed by atoms with Crippen LogP contribution in [0, 0.1) is 6.92 Å². The molecule has 0 spiro atoms. The Kier molecular flexibility index (Phi) is 6.01. The van der Waals surface area contributed by atoms with Crippen LogP contribution in [0.25, 0.3) is 0 Å². The summed E-state index contributed by atoms with van der Waals surface area (Å²) in [5, 5.41) is 9.27. The maximum Gasteiger partial charge on any atom is 0.252 e. The number of aromatic nitrogens is 2. The van der Waals surface area contributed by atoms with Gasteiger partial charge in [-0.3, -0.25) is 14.6 Å². The van der Waals surface area contributed by atoms with Crippen LogP contribution in [0.15, 0.2) is 35.1 Å². The van der Waals surface area contributed by atoms with Crippen molar-refractivity contribution in [3.05, 3.63) is 57.5 Å². The summed E-state index contributed by atoms with van der Waals surface area (Å²) in [6.07, 6.45) is 2.39. The maximum atomic E-state index is 12.2. The van der Waals surface area contributed by atoms with Crippen LogP contribution in [0.4, 0.5) is 5.95 Å². The third-order valence-electron chi connectivity index (χ3n) is 4.51. The molecule has 7 nitrogen and oxygen atoms in total. The summed E-state index contributed by atoms with van der Waals surface area (Å²) in [6.45, 7) is 4.77. The maximum absolute atomic E-state index is 12.2. The molecule has 1 aliphatic rings. The smallest absolute Gasteiger partial charge is 0.252 e. The second-order valence-corrected chi connectivity index (χ2v) is 6.58. The van der Waals surface area contributed by atoms with Crippen LogP contribution in [0.2, 0.25) is 0 Å². The number of hydrogen-bond donors (Lipinski definition) is 4. The molecule has 26 heavy (non-hydrogen) atoms. The SMILES string of the molecule is Cc1cc(=O)[nH]c(NCCNC(=O)c2ccc([C@H]3CCCNC3)cc2)n1. The molecule has 1 amide bonds. The first-order valence-electron chi connectivity index (χ1n) is 9.02. The van der Waals surface area contributed by atoms with Crippen molar-refractivity contribution in [2.45, 2.75) is 25.7 Å². The highest BCUT2D eigenvalue weighted by Crippen LogP contribution is 2.23. The van der Waals surface area contributed by atoms with Crippen molar-refractivity contribution in [1.82, 2.24) is 20.6 Å².